The molecular formula is C13H8FN3O2. The molecule has 0 aliphatic carbocycles. The maximum Gasteiger partial charge on any atom is 0.273 e. The lowest BCUT2D eigenvalue weighted by Crippen LogP contribution is -1.96. The molecule has 1 heterocycles. The Labute approximate surface area is 108 Å². The van der Waals surface area contributed by atoms with Crippen LogP contribution in [0, 0.1) is 34.2 Å². The van der Waals surface area contributed by atoms with Crippen LogP contribution in [0.4, 0.5) is 10.1 Å². The van der Waals surface area contributed by atoms with Crippen LogP contribution in [0.15, 0.2) is 30.5 Å². The average molecular weight is 257 g/mol. The molecule has 1 aromatic carbocycles. The minimum absolute atomic E-state index is 0.0283. The van der Waals surface area contributed by atoms with E-state index in [1.807, 2.05) is 0 Å². The summed E-state index contributed by atoms with van der Waals surface area (Å²) in [5.41, 5.74) is 0.662. The molecule has 0 atom stereocenters. The zero-order chi connectivity index (χ0) is 14.0. The number of hydrogen-bond donors (Lipinski definition) is 0. The molecule has 2 rings (SSSR count). The molecule has 2 aromatic rings. The number of nitro benzene ring substituents is 1. The van der Waals surface area contributed by atoms with Gasteiger partial charge in [0.25, 0.3) is 5.69 Å². The number of aryl methyl sites for hydroxylation is 1. The zero-order valence-electron chi connectivity index (χ0n) is 9.92. The first kappa shape index (κ1) is 12.6. The third-order valence-electron chi connectivity index (χ3n) is 2.61. The first-order valence-electron chi connectivity index (χ1n) is 5.34. The van der Waals surface area contributed by atoms with Gasteiger partial charge in [0.2, 0.25) is 0 Å². The van der Waals surface area contributed by atoms with Crippen LogP contribution in [0.2, 0.25) is 0 Å². The summed E-state index contributed by atoms with van der Waals surface area (Å²) in [5.74, 6) is -0.809. The summed E-state index contributed by atoms with van der Waals surface area (Å²) in [6, 6.07) is 6.92. The summed E-state index contributed by atoms with van der Waals surface area (Å²) < 4.78 is 14.0. The SMILES string of the molecule is Cc1ccc(-c2c(F)cc([N+](=O)[O-])cc2C#N)cn1. The highest BCUT2D eigenvalue weighted by Gasteiger charge is 2.18. The molecular weight excluding hydrogens is 249 g/mol. The van der Waals surface area contributed by atoms with Crippen molar-refractivity contribution in [2.75, 3.05) is 0 Å². The predicted octanol–water partition coefficient (Wildman–Crippen LogP) is 2.98. The van der Waals surface area contributed by atoms with Crippen molar-refractivity contribution in [1.82, 2.24) is 4.98 Å². The van der Waals surface area contributed by atoms with Crippen molar-refractivity contribution < 1.29 is 9.31 Å². The second-order valence-corrected chi connectivity index (χ2v) is 3.91. The van der Waals surface area contributed by atoms with Crippen molar-refractivity contribution in [1.29, 1.82) is 5.26 Å². The number of nitro groups is 1. The van der Waals surface area contributed by atoms with Crippen LogP contribution in [0.3, 0.4) is 0 Å². The van der Waals surface area contributed by atoms with E-state index in [-0.39, 0.29) is 11.1 Å². The second-order valence-electron chi connectivity index (χ2n) is 3.91. The summed E-state index contributed by atoms with van der Waals surface area (Å²) in [6.45, 7) is 1.78. The molecule has 0 saturated heterocycles. The third-order valence-corrected chi connectivity index (χ3v) is 2.61. The van der Waals surface area contributed by atoms with Crippen molar-refractivity contribution in [3.8, 4) is 17.2 Å². The highest BCUT2D eigenvalue weighted by molar-refractivity contribution is 5.72. The maximum absolute atomic E-state index is 14.0. The third kappa shape index (κ3) is 2.40. The number of pyridine rings is 1. The van der Waals surface area contributed by atoms with Gasteiger partial charge in [-0.05, 0) is 13.0 Å². The van der Waals surface area contributed by atoms with Gasteiger partial charge in [0, 0.05) is 29.1 Å². The molecule has 0 aliphatic rings. The molecule has 5 nitrogen and oxygen atoms in total. The minimum atomic E-state index is -0.809. The number of benzene rings is 1. The Morgan fingerprint density at radius 2 is 2.16 bits per heavy atom. The molecule has 1 aromatic heterocycles. The molecule has 0 bridgehead atoms. The van der Waals surface area contributed by atoms with E-state index in [0.29, 0.717) is 5.56 Å². The van der Waals surface area contributed by atoms with Gasteiger partial charge in [-0.15, -0.1) is 0 Å². The Kier molecular flexibility index (Phi) is 3.21. The second kappa shape index (κ2) is 4.82. The van der Waals surface area contributed by atoms with Gasteiger partial charge in [-0.1, -0.05) is 6.07 Å². The topological polar surface area (TPSA) is 79.8 Å². The Hall–Kier alpha value is -2.81. The largest absolute Gasteiger partial charge is 0.273 e. The molecule has 94 valence electrons. The van der Waals surface area contributed by atoms with Gasteiger partial charge >= 0.3 is 0 Å². The van der Waals surface area contributed by atoms with Gasteiger partial charge in [-0.25, -0.2) is 4.39 Å². The van der Waals surface area contributed by atoms with Gasteiger partial charge in [-0.2, -0.15) is 5.26 Å². The lowest BCUT2D eigenvalue weighted by Gasteiger charge is -2.06. The van der Waals surface area contributed by atoms with E-state index < -0.39 is 16.4 Å². The van der Waals surface area contributed by atoms with Gasteiger partial charge in [-0.3, -0.25) is 15.1 Å². The summed E-state index contributed by atoms with van der Waals surface area (Å²) >= 11 is 0. The zero-order valence-corrected chi connectivity index (χ0v) is 9.92. The molecule has 0 radical (unpaired) electrons. The Bertz CT molecular complexity index is 690. The van der Waals surface area contributed by atoms with Crippen LogP contribution < -0.4 is 0 Å². The lowest BCUT2D eigenvalue weighted by molar-refractivity contribution is -0.385. The Morgan fingerprint density at radius 3 is 2.68 bits per heavy atom. The highest BCUT2D eigenvalue weighted by Crippen LogP contribution is 2.29. The molecule has 0 spiro atoms. The van der Waals surface area contributed by atoms with E-state index in [2.05, 4.69) is 4.98 Å². The van der Waals surface area contributed by atoms with Crippen LogP contribution in [0.5, 0.6) is 0 Å². The summed E-state index contributed by atoms with van der Waals surface area (Å²) in [6.07, 6.45) is 1.43. The number of rotatable bonds is 2. The quantitative estimate of drug-likeness (QED) is 0.611. The summed E-state index contributed by atoms with van der Waals surface area (Å²) in [4.78, 5) is 13.9. The lowest BCUT2D eigenvalue weighted by atomic mass is 10.00. The van der Waals surface area contributed by atoms with Crippen LogP contribution >= 0.6 is 0 Å². The number of non-ortho nitro benzene ring substituents is 1. The van der Waals surface area contributed by atoms with E-state index in [4.69, 9.17) is 5.26 Å². The molecule has 6 heteroatoms. The minimum Gasteiger partial charge on any atom is -0.261 e. The number of hydrogen-bond acceptors (Lipinski definition) is 4. The fourth-order valence-electron chi connectivity index (χ4n) is 1.70. The van der Waals surface area contributed by atoms with E-state index in [9.17, 15) is 14.5 Å². The highest BCUT2D eigenvalue weighted by atomic mass is 19.1. The van der Waals surface area contributed by atoms with Gasteiger partial charge in [0.1, 0.15) is 11.9 Å². The van der Waals surface area contributed by atoms with Crippen molar-refractivity contribution in [3.63, 3.8) is 0 Å². The maximum atomic E-state index is 14.0. The van der Waals surface area contributed by atoms with Crippen molar-refractivity contribution in [2.45, 2.75) is 6.92 Å². The first-order valence-corrected chi connectivity index (χ1v) is 5.34. The smallest absolute Gasteiger partial charge is 0.261 e. The van der Waals surface area contributed by atoms with Crippen LogP contribution in [-0.4, -0.2) is 9.91 Å². The average Bonchev–Trinajstić information content (AvgIpc) is 2.39. The Morgan fingerprint density at radius 1 is 1.42 bits per heavy atom. The molecule has 0 aliphatic heterocycles. The number of aromatic nitrogens is 1. The molecule has 0 amide bonds. The predicted molar refractivity (Wildman–Crippen MR) is 65.7 cm³/mol. The van der Waals surface area contributed by atoms with Crippen LogP contribution in [0.1, 0.15) is 11.3 Å². The van der Waals surface area contributed by atoms with E-state index in [1.54, 1.807) is 25.1 Å². The number of nitrogens with zero attached hydrogens (tertiary/aromatic N) is 3. The fraction of sp³-hybridized carbons (Fsp3) is 0.0769. The monoisotopic (exact) mass is 257 g/mol. The van der Waals surface area contributed by atoms with Crippen molar-refractivity contribution >= 4 is 5.69 Å². The Balaban J connectivity index is 2.67. The number of nitriles is 1. The molecule has 0 saturated carbocycles. The normalized spacial score (nSPS) is 9.95. The molecule has 0 fully saturated rings. The first-order chi connectivity index (χ1) is 9.02. The standard InChI is InChI=1S/C13H8FN3O2/c1-8-2-3-9(7-16-8)13-10(6-15)4-11(17(18)19)5-12(13)14/h2-5,7H,1H3. The van der Waals surface area contributed by atoms with Crippen LogP contribution in [-0.2, 0) is 0 Å². The van der Waals surface area contributed by atoms with Gasteiger partial charge < -0.3 is 0 Å². The van der Waals surface area contributed by atoms with E-state index in [0.717, 1.165) is 17.8 Å². The van der Waals surface area contributed by atoms with Gasteiger partial charge in [0.05, 0.1) is 16.6 Å². The molecule has 0 N–H and O–H groups in total. The summed E-state index contributed by atoms with van der Waals surface area (Å²) in [5, 5.41) is 19.6. The summed E-state index contributed by atoms with van der Waals surface area (Å²) in [7, 11) is 0. The molecule has 19 heavy (non-hydrogen) atoms. The van der Waals surface area contributed by atoms with Crippen molar-refractivity contribution in [3.05, 3.63) is 57.7 Å². The fourth-order valence-corrected chi connectivity index (χ4v) is 1.70. The number of halogens is 1. The van der Waals surface area contributed by atoms with E-state index in [1.165, 1.54) is 6.20 Å². The van der Waals surface area contributed by atoms with Crippen molar-refractivity contribution in [2.24, 2.45) is 0 Å². The molecule has 0 unspecified atom stereocenters. The van der Waals surface area contributed by atoms with Crippen LogP contribution in [0.25, 0.3) is 11.1 Å². The van der Waals surface area contributed by atoms with E-state index >= 15 is 0 Å². The van der Waals surface area contributed by atoms with Gasteiger partial charge in [0.15, 0.2) is 0 Å².